The number of aromatic amines is 3. The number of H-pyrrole nitrogens is 3. The van der Waals surface area contributed by atoms with Gasteiger partial charge in [0.25, 0.3) is 0 Å². The standard InChI is InChI=1S/C23H13N11O2/c1-3-24-7-12-14(1)35-20-16(12)29-22(33-20)31-18-10-5-26-6-11(10)19(28-9-27-18)32-23-30-17-13-8-25-4-2-15(13)36-21(17)34-23/h1-9,26H,(H3,27,28,29,30,31,32,33,34). The quantitative estimate of drug-likeness (QED) is 0.294. The molecule has 0 saturated heterocycles. The van der Waals surface area contributed by atoms with Gasteiger partial charge in [0.2, 0.25) is 23.3 Å². The second-order valence-corrected chi connectivity index (χ2v) is 8.02. The summed E-state index contributed by atoms with van der Waals surface area (Å²) in [6.07, 6.45) is 11.8. The second-order valence-electron chi connectivity index (χ2n) is 8.02. The highest BCUT2D eigenvalue weighted by molar-refractivity contribution is 6.02. The number of imidazole rings is 2. The van der Waals surface area contributed by atoms with Gasteiger partial charge in [-0.25, -0.2) is 9.97 Å². The molecule has 0 aromatic carbocycles. The number of anilines is 2. The van der Waals surface area contributed by atoms with Crippen LogP contribution in [0.2, 0.25) is 0 Å². The molecule has 13 nitrogen and oxygen atoms in total. The van der Waals surface area contributed by atoms with E-state index in [9.17, 15) is 0 Å². The number of pyridine rings is 2. The van der Waals surface area contributed by atoms with E-state index < -0.39 is 0 Å². The summed E-state index contributed by atoms with van der Waals surface area (Å²) in [5.41, 5.74) is 4.26. The summed E-state index contributed by atoms with van der Waals surface area (Å²) in [6, 6.07) is 3.59. The number of hydrogen-bond donors (Lipinski definition) is 4. The van der Waals surface area contributed by atoms with Crippen LogP contribution in [0.25, 0.3) is 55.2 Å². The van der Waals surface area contributed by atoms with Crippen molar-refractivity contribution in [1.82, 2.24) is 44.9 Å². The Hall–Kier alpha value is -5.59. The third-order valence-corrected chi connectivity index (χ3v) is 5.90. The first-order valence-corrected chi connectivity index (χ1v) is 10.9. The molecule has 0 aliphatic carbocycles. The molecule has 8 rings (SSSR count). The van der Waals surface area contributed by atoms with E-state index in [0.717, 1.165) is 32.6 Å². The molecule has 172 valence electrons. The minimum absolute atomic E-state index is 0.358. The topological polar surface area (TPSA) is 175 Å². The molecule has 0 fully saturated rings. The largest absolute Gasteiger partial charge is 0.436 e. The minimum Gasteiger partial charge on any atom is -0.436 e. The smallest absolute Gasteiger partial charge is 0.247 e. The van der Waals surface area contributed by atoms with Gasteiger partial charge in [-0.1, -0.05) is 0 Å². The van der Waals surface area contributed by atoms with Crippen LogP contribution in [0, 0.1) is 0 Å². The van der Waals surface area contributed by atoms with Gasteiger partial charge >= 0.3 is 0 Å². The van der Waals surface area contributed by atoms with Crippen LogP contribution in [0.5, 0.6) is 0 Å². The lowest BCUT2D eigenvalue weighted by atomic mass is 10.3. The van der Waals surface area contributed by atoms with Crippen molar-refractivity contribution < 1.29 is 8.83 Å². The highest BCUT2D eigenvalue weighted by Crippen LogP contribution is 2.29. The molecule has 0 bridgehead atoms. The number of rotatable bonds is 3. The van der Waals surface area contributed by atoms with Crippen molar-refractivity contribution in [2.24, 2.45) is 4.99 Å². The first-order chi connectivity index (χ1) is 17.8. The predicted octanol–water partition coefficient (Wildman–Crippen LogP) is 3.97. The second kappa shape index (κ2) is 6.96. The summed E-state index contributed by atoms with van der Waals surface area (Å²) < 4.78 is 11.6. The fraction of sp³-hybridized carbons (Fsp3) is 0. The molecule has 0 unspecified atom stereocenters. The molecule has 36 heavy (non-hydrogen) atoms. The van der Waals surface area contributed by atoms with Crippen LogP contribution >= 0.6 is 0 Å². The van der Waals surface area contributed by atoms with Crippen LogP contribution < -0.4 is 10.8 Å². The van der Waals surface area contributed by atoms with Crippen LogP contribution in [-0.2, 0) is 0 Å². The average molecular weight is 475 g/mol. The summed E-state index contributed by atoms with van der Waals surface area (Å²) in [6.45, 7) is 0. The average Bonchev–Trinajstić information content (AvgIpc) is 3.68. The van der Waals surface area contributed by atoms with Gasteiger partial charge in [0, 0.05) is 48.0 Å². The third-order valence-electron chi connectivity index (χ3n) is 5.90. The van der Waals surface area contributed by atoms with E-state index in [4.69, 9.17) is 8.83 Å². The van der Waals surface area contributed by atoms with Crippen LogP contribution in [0.3, 0.4) is 0 Å². The number of furan rings is 2. The van der Waals surface area contributed by atoms with Gasteiger partial charge < -0.3 is 29.1 Å². The van der Waals surface area contributed by atoms with Crippen molar-refractivity contribution in [2.75, 3.05) is 5.32 Å². The van der Waals surface area contributed by atoms with Gasteiger partial charge in [-0.3, -0.25) is 9.97 Å². The van der Waals surface area contributed by atoms with Crippen molar-refractivity contribution >= 4 is 72.9 Å². The normalized spacial score (nSPS) is 12.6. The van der Waals surface area contributed by atoms with E-state index >= 15 is 0 Å². The zero-order valence-corrected chi connectivity index (χ0v) is 18.1. The summed E-state index contributed by atoms with van der Waals surface area (Å²) in [7, 11) is 0. The maximum absolute atomic E-state index is 5.79. The van der Waals surface area contributed by atoms with Gasteiger partial charge in [0.15, 0.2) is 5.49 Å². The van der Waals surface area contributed by atoms with Crippen molar-refractivity contribution in [2.45, 2.75) is 0 Å². The van der Waals surface area contributed by atoms with Crippen molar-refractivity contribution in [3.8, 4) is 0 Å². The van der Waals surface area contributed by atoms with E-state index in [1.807, 2.05) is 6.20 Å². The number of aromatic nitrogens is 9. The Morgan fingerprint density at radius 1 is 0.778 bits per heavy atom. The summed E-state index contributed by atoms with van der Waals surface area (Å²) in [5.74, 6) is 1.36. The molecule has 4 N–H and O–H groups in total. The Morgan fingerprint density at radius 2 is 1.50 bits per heavy atom. The van der Waals surface area contributed by atoms with Crippen LogP contribution in [-0.4, -0.2) is 44.9 Å². The monoisotopic (exact) mass is 475 g/mol. The number of fused-ring (bicyclic) bond motifs is 7. The maximum Gasteiger partial charge on any atom is 0.247 e. The molecule has 0 atom stereocenters. The number of hydrogen-bond acceptors (Lipinski definition) is 10. The lowest BCUT2D eigenvalue weighted by Crippen LogP contribution is -2.03. The maximum atomic E-state index is 5.79. The molecular weight excluding hydrogens is 462 g/mol. The van der Waals surface area contributed by atoms with Gasteiger partial charge in [-0.05, 0) is 12.1 Å². The summed E-state index contributed by atoms with van der Waals surface area (Å²) in [5, 5.41) is 6.40. The highest BCUT2D eigenvalue weighted by Gasteiger charge is 2.15. The van der Waals surface area contributed by atoms with E-state index in [0.29, 0.717) is 45.8 Å². The van der Waals surface area contributed by atoms with Crippen molar-refractivity contribution in [3.05, 3.63) is 61.1 Å². The molecule has 8 heterocycles. The molecule has 13 heteroatoms. The Morgan fingerprint density at radius 3 is 2.31 bits per heavy atom. The van der Waals surface area contributed by atoms with Gasteiger partial charge in [-0.2, -0.15) is 15.0 Å². The fourth-order valence-electron chi connectivity index (χ4n) is 4.28. The molecule has 8 aromatic rings. The van der Waals surface area contributed by atoms with E-state index in [1.165, 1.54) is 6.33 Å². The predicted molar refractivity (Wildman–Crippen MR) is 130 cm³/mol. The van der Waals surface area contributed by atoms with Crippen LogP contribution in [0.15, 0.2) is 69.5 Å². The zero-order chi connectivity index (χ0) is 23.6. The molecular formula is C23H13N11O2. The number of nitrogens with zero attached hydrogens (tertiary/aromatic N) is 7. The molecule has 0 saturated carbocycles. The molecule has 8 aromatic heterocycles. The molecule has 0 aliphatic rings. The Labute approximate surface area is 198 Å². The third kappa shape index (κ3) is 2.73. The zero-order valence-electron chi connectivity index (χ0n) is 18.1. The van der Waals surface area contributed by atoms with Crippen molar-refractivity contribution in [1.29, 1.82) is 0 Å². The highest BCUT2D eigenvalue weighted by atomic mass is 16.3. The van der Waals surface area contributed by atoms with E-state index in [2.05, 4.69) is 55.2 Å². The van der Waals surface area contributed by atoms with Gasteiger partial charge in [0.05, 0.1) is 10.8 Å². The Kier molecular flexibility index (Phi) is 3.63. The minimum atomic E-state index is 0.358. The molecule has 0 radical (unpaired) electrons. The van der Waals surface area contributed by atoms with E-state index in [-0.39, 0.29) is 0 Å². The Balaban J connectivity index is 1.22. The van der Waals surface area contributed by atoms with Gasteiger partial charge in [0.1, 0.15) is 34.3 Å². The first kappa shape index (κ1) is 18.8. The molecule has 0 spiro atoms. The van der Waals surface area contributed by atoms with Gasteiger partial charge in [-0.15, -0.1) is 0 Å². The lowest BCUT2D eigenvalue weighted by Gasteiger charge is -1.99. The summed E-state index contributed by atoms with van der Waals surface area (Å²) in [4.78, 5) is 40.3. The van der Waals surface area contributed by atoms with Crippen LogP contribution in [0.1, 0.15) is 0 Å². The fourth-order valence-corrected chi connectivity index (χ4v) is 4.28. The van der Waals surface area contributed by atoms with E-state index in [1.54, 1.807) is 43.1 Å². The molecule has 0 amide bonds. The number of nitrogens with one attached hydrogen (secondary N) is 4. The van der Waals surface area contributed by atoms with Crippen molar-refractivity contribution in [3.63, 3.8) is 0 Å². The SMILES string of the molecule is c1cc2oc3nc(/N=c4\ncnc(Nc5nc6oc7ccncc7c6[nH]5)c5c[nH]cc45)[nH]c3c2cn1. The molecule has 0 aliphatic heterocycles. The van der Waals surface area contributed by atoms with Crippen LogP contribution in [0.4, 0.5) is 17.7 Å². The lowest BCUT2D eigenvalue weighted by molar-refractivity contribution is 0.655. The first-order valence-electron chi connectivity index (χ1n) is 10.9. The Bertz CT molecular complexity index is 2160. The summed E-state index contributed by atoms with van der Waals surface area (Å²) >= 11 is 0.